The van der Waals surface area contributed by atoms with Gasteiger partial charge in [-0.1, -0.05) is 17.7 Å². The molecule has 5 N–H and O–H groups in total. The highest BCUT2D eigenvalue weighted by atomic mass is 32.2. The van der Waals surface area contributed by atoms with Gasteiger partial charge in [-0.15, -0.1) is 5.17 Å². The highest BCUT2D eigenvalue weighted by Crippen LogP contribution is 2.35. The number of nitrogens with one attached hydrogen (secondary N) is 1. The molecule has 2 aromatic rings. The second kappa shape index (κ2) is 10.9. The number of methoxy groups -OCH3 is 2. The van der Waals surface area contributed by atoms with Crippen molar-refractivity contribution in [1.29, 1.82) is 5.41 Å². The van der Waals surface area contributed by atoms with E-state index >= 15 is 0 Å². The molecule has 0 aliphatic heterocycles. The molecule has 31 heavy (non-hydrogen) atoms. The van der Waals surface area contributed by atoms with Gasteiger partial charge in [-0.25, -0.2) is 0 Å². The number of guanidine groups is 1. The Hall–Kier alpha value is -3.75. The van der Waals surface area contributed by atoms with Crippen molar-refractivity contribution in [2.75, 3.05) is 14.2 Å². The Labute approximate surface area is 177 Å². The van der Waals surface area contributed by atoms with Gasteiger partial charge >= 0.3 is 0 Å². The predicted octanol–water partition coefficient (Wildman–Crippen LogP) is 1.77. The maximum absolute atomic E-state index is 11.0. The SMILES string of the molecule is COc1ccc([N+](=O)[O-])c(/C=N/N(O)C(=N)N)c1OC.Cc1ccc(S(=O)(=O)O)cc1. The highest BCUT2D eigenvalue weighted by Gasteiger charge is 2.21. The van der Waals surface area contributed by atoms with Gasteiger partial charge in [-0.3, -0.25) is 25.3 Å². The van der Waals surface area contributed by atoms with Crippen molar-refractivity contribution in [3.63, 3.8) is 0 Å². The summed E-state index contributed by atoms with van der Waals surface area (Å²) in [4.78, 5) is 10.3. The molecule has 2 aromatic carbocycles. The summed E-state index contributed by atoms with van der Waals surface area (Å²) in [5.74, 6) is -0.417. The fourth-order valence-electron chi connectivity index (χ4n) is 2.11. The van der Waals surface area contributed by atoms with Gasteiger partial charge in [-0.2, -0.15) is 13.5 Å². The Kier molecular flexibility index (Phi) is 8.86. The van der Waals surface area contributed by atoms with Crippen LogP contribution in [0.2, 0.25) is 0 Å². The van der Waals surface area contributed by atoms with Crippen molar-refractivity contribution in [2.24, 2.45) is 10.8 Å². The first-order valence-corrected chi connectivity index (χ1v) is 9.66. The molecule has 2 rings (SSSR count). The van der Waals surface area contributed by atoms with Crippen LogP contribution in [0.1, 0.15) is 11.1 Å². The Morgan fingerprint density at radius 1 is 1.23 bits per heavy atom. The molecular weight excluding hydrogens is 434 g/mol. The van der Waals surface area contributed by atoms with Crippen LogP contribution in [0.25, 0.3) is 0 Å². The van der Waals surface area contributed by atoms with E-state index in [1.165, 1.54) is 38.5 Å². The van der Waals surface area contributed by atoms with Gasteiger partial charge in [0.1, 0.15) is 5.56 Å². The summed E-state index contributed by atoms with van der Waals surface area (Å²) in [6, 6.07) is 8.57. The van der Waals surface area contributed by atoms with E-state index in [0.29, 0.717) is 0 Å². The van der Waals surface area contributed by atoms with Crippen molar-refractivity contribution < 1.29 is 32.6 Å². The third-order valence-corrected chi connectivity index (χ3v) is 4.46. The fraction of sp³-hybridized carbons (Fsp3) is 0.176. The van der Waals surface area contributed by atoms with Crippen molar-refractivity contribution in [3.8, 4) is 11.5 Å². The number of benzene rings is 2. The molecule has 13 nitrogen and oxygen atoms in total. The number of hydrogen-bond donors (Lipinski definition) is 4. The number of aryl methyl sites for hydroxylation is 1. The lowest BCUT2D eigenvalue weighted by Crippen LogP contribution is -2.29. The molecule has 0 fully saturated rings. The second-order valence-corrected chi connectivity index (χ2v) is 7.12. The van der Waals surface area contributed by atoms with Crippen LogP contribution in [0.5, 0.6) is 11.5 Å². The average molecular weight is 455 g/mol. The summed E-state index contributed by atoms with van der Waals surface area (Å²) in [6.07, 6.45) is 0.945. The molecule has 0 amide bonds. The van der Waals surface area contributed by atoms with Crippen molar-refractivity contribution in [3.05, 3.63) is 57.6 Å². The summed E-state index contributed by atoms with van der Waals surface area (Å²) < 4.78 is 39.6. The van der Waals surface area contributed by atoms with Gasteiger partial charge in [-0.05, 0) is 25.1 Å². The van der Waals surface area contributed by atoms with Gasteiger partial charge in [0.25, 0.3) is 15.8 Å². The van der Waals surface area contributed by atoms with Crippen LogP contribution in [0, 0.1) is 22.4 Å². The minimum absolute atomic E-state index is 0.0304. The van der Waals surface area contributed by atoms with Crippen molar-refractivity contribution in [2.45, 2.75) is 11.8 Å². The van der Waals surface area contributed by atoms with Crippen molar-refractivity contribution in [1.82, 2.24) is 5.17 Å². The first-order chi connectivity index (χ1) is 14.4. The number of hydroxylamine groups is 1. The zero-order chi connectivity index (χ0) is 23.8. The lowest BCUT2D eigenvalue weighted by atomic mass is 10.1. The molecule has 0 atom stereocenters. The number of nitrogens with zero attached hydrogens (tertiary/aromatic N) is 3. The minimum atomic E-state index is -4.02. The molecular formula is C17H21N5O8S. The highest BCUT2D eigenvalue weighted by molar-refractivity contribution is 7.85. The monoisotopic (exact) mass is 455 g/mol. The second-order valence-electron chi connectivity index (χ2n) is 5.70. The summed E-state index contributed by atoms with van der Waals surface area (Å²) >= 11 is 0. The van der Waals surface area contributed by atoms with Gasteiger partial charge < -0.3 is 15.2 Å². The first-order valence-electron chi connectivity index (χ1n) is 8.22. The van der Waals surface area contributed by atoms with E-state index in [0.717, 1.165) is 11.8 Å². The quantitative estimate of drug-likeness (QED) is 0.163. The molecule has 0 aliphatic rings. The zero-order valence-electron chi connectivity index (χ0n) is 16.7. The smallest absolute Gasteiger partial charge is 0.294 e. The molecule has 0 saturated carbocycles. The van der Waals surface area contributed by atoms with E-state index in [1.54, 1.807) is 12.1 Å². The number of nitro groups is 1. The molecule has 0 heterocycles. The van der Waals surface area contributed by atoms with E-state index in [9.17, 15) is 18.5 Å². The maximum atomic E-state index is 11.0. The molecule has 0 unspecified atom stereocenters. The molecule has 168 valence electrons. The predicted molar refractivity (Wildman–Crippen MR) is 110 cm³/mol. The topological polar surface area (TPSA) is 202 Å². The van der Waals surface area contributed by atoms with Gasteiger partial charge in [0.15, 0.2) is 11.5 Å². The molecule has 0 radical (unpaired) electrons. The Morgan fingerprint density at radius 3 is 2.23 bits per heavy atom. The van der Waals surface area contributed by atoms with Crippen LogP contribution in [-0.4, -0.2) is 54.7 Å². The summed E-state index contributed by atoms with van der Waals surface area (Å²) in [6.45, 7) is 1.84. The van der Waals surface area contributed by atoms with E-state index in [-0.39, 0.29) is 32.8 Å². The fourth-order valence-corrected chi connectivity index (χ4v) is 2.59. The number of hydrogen-bond acceptors (Lipinski definition) is 9. The molecule has 0 aromatic heterocycles. The Morgan fingerprint density at radius 2 is 1.81 bits per heavy atom. The lowest BCUT2D eigenvalue weighted by molar-refractivity contribution is -0.385. The van der Waals surface area contributed by atoms with Crippen LogP contribution in [0.3, 0.4) is 0 Å². The Balaban J connectivity index is 0.000000367. The van der Waals surface area contributed by atoms with Crippen LogP contribution >= 0.6 is 0 Å². The first kappa shape index (κ1) is 25.3. The number of nitro benzene ring substituents is 1. The average Bonchev–Trinajstić information content (AvgIpc) is 2.70. The number of hydrazone groups is 1. The van der Waals surface area contributed by atoms with Crippen molar-refractivity contribution >= 4 is 28.0 Å². The largest absolute Gasteiger partial charge is 0.493 e. The van der Waals surface area contributed by atoms with E-state index in [2.05, 4.69) is 5.10 Å². The van der Waals surface area contributed by atoms with Gasteiger partial charge in [0.2, 0.25) is 5.96 Å². The van der Waals surface area contributed by atoms with E-state index < -0.39 is 21.0 Å². The summed E-state index contributed by atoms with van der Waals surface area (Å²) in [7, 11) is -1.34. The van der Waals surface area contributed by atoms with E-state index in [1.807, 2.05) is 6.92 Å². The van der Waals surface area contributed by atoms with Crippen LogP contribution in [0.4, 0.5) is 5.69 Å². The number of ether oxygens (including phenoxy) is 2. The maximum Gasteiger partial charge on any atom is 0.294 e. The van der Waals surface area contributed by atoms with Crippen LogP contribution < -0.4 is 15.2 Å². The van der Waals surface area contributed by atoms with Gasteiger partial charge in [0.05, 0.1) is 30.3 Å². The lowest BCUT2D eigenvalue weighted by Gasteiger charge is -2.11. The van der Waals surface area contributed by atoms with Crippen LogP contribution in [0.15, 0.2) is 46.4 Å². The normalized spacial score (nSPS) is 10.7. The molecule has 0 spiro atoms. The third kappa shape index (κ3) is 7.22. The molecule has 0 saturated heterocycles. The van der Waals surface area contributed by atoms with Crippen LogP contribution in [-0.2, 0) is 10.1 Å². The molecule has 0 aliphatic carbocycles. The zero-order valence-corrected chi connectivity index (χ0v) is 17.5. The Bertz CT molecular complexity index is 1070. The summed E-state index contributed by atoms with van der Waals surface area (Å²) in [5.41, 5.74) is 5.60. The number of nitrogens with two attached hydrogens (primary N) is 1. The van der Waals surface area contributed by atoms with E-state index in [4.69, 9.17) is 30.4 Å². The number of rotatable bonds is 6. The van der Waals surface area contributed by atoms with Gasteiger partial charge in [0, 0.05) is 6.07 Å². The minimum Gasteiger partial charge on any atom is -0.493 e. The third-order valence-electron chi connectivity index (χ3n) is 3.59. The molecule has 14 heteroatoms. The standard InChI is InChI=1S/C10H13N5O5.C7H8O3S/c1-19-8-4-3-7(15(17)18)6(9(8)20-2)5-13-14(16)10(11)12;1-6-2-4-7(5-3-6)11(8,9)10/h3-5,16H,1-2H3,(H3,11,12);2-5H,1H3,(H,8,9,10)/b13-5+;. The summed E-state index contributed by atoms with van der Waals surface area (Å²) in [5, 5.41) is 30.5. The molecule has 0 bridgehead atoms.